The molecule has 24 heavy (non-hydrogen) atoms. The number of aryl methyl sites for hydroxylation is 1. The zero-order valence-corrected chi connectivity index (χ0v) is 13.8. The number of carbonyl (C=O) groups excluding carboxylic acids is 1. The van der Waals surface area contributed by atoms with Gasteiger partial charge in [0.15, 0.2) is 0 Å². The minimum Gasteiger partial charge on any atom is -0.366 e. The molecule has 0 spiro atoms. The minimum absolute atomic E-state index is 0.0934. The number of nitrogens with zero attached hydrogens (tertiary/aromatic N) is 2. The van der Waals surface area contributed by atoms with E-state index in [0.717, 1.165) is 17.7 Å². The van der Waals surface area contributed by atoms with Crippen LogP contribution in [0.2, 0.25) is 0 Å². The number of hydrogen-bond acceptors (Lipinski definition) is 2. The summed E-state index contributed by atoms with van der Waals surface area (Å²) in [4.78, 5) is 16.2. The molecule has 0 saturated carbocycles. The summed E-state index contributed by atoms with van der Waals surface area (Å²) in [6.45, 7) is 4.48. The summed E-state index contributed by atoms with van der Waals surface area (Å²) in [6, 6.07) is 14.5. The minimum atomic E-state index is -0.215. The van der Waals surface area contributed by atoms with Gasteiger partial charge in [0.05, 0.1) is 5.69 Å². The number of halogens is 1. The van der Waals surface area contributed by atoms with Crippen LogP contribution in [-0.4, -0.2) is 37.1 Å². The number of urea groups is 1. The highest BCUT2D eigenvalue weighted by atomic mass is 19.1. The molecule has 1 heterocycles. The van der Waals surface area contributed by atoms with Crippen LogP contribution >= 0.6 is 0 Å². The number of amides is 2. The Morgan fingerprint density at radius 3 is 2.42 bits per heavy atom. The molecule has 1 aliphatic heterocycles. The molecule has 0 aromatic heterocycles. The Bertz CT molecular complexity index is 711. The van der Waals surface area contributed by atoms with E-state index in [2.05, 4.69) is 12.2 Å². The average Bonchev–Trinajstić information content (AvgIpc) is 2.63. The molecule has 2 aromatic rings. The van der Waals surface area contributed by atoms with Gasteiger partial charge >= 0.3 is 6.03 Å². The maximum atomic E-state index is 13.9. The molecule has 1 fully saturated rings. The molecule has 0 aliphatic carbocycles. The van der Waals surface area contributed by atoms with E-state index in [1.165, 1.54) is 6.07 Å². The monoisotopic (exact) mass is 327 g/mol. The first-order valence-corrected chi connectivity index (χ1v) is 8.32. The van der Waals surface area contributed by atoms with Gasteiger partial charge < -0.3 is 15.1 Å². The van der Waals surface area contributed by atoms with E-state index in [0.29, 0.717) is 31.9 Å². The maximum Gasteiger partial charge on any atom is 0.321 e. The van der Waals surface area contributed by atoms with Crippen LogP contribution in [0.3, 0.4) is 0 Å². The van der Waals surface area contributed by atoms with Crippen LogP contribution in [0.1, 0.15) is 12.5 Å². The summed E-state index contributed by atoms with van der Waals surface area (Å²) in [6.07, 6.45) is 0.873. The summed E-state index contributed by atoms with van der Waals surface area (Å²) in [7, 11) is 0. The van der Waals surface area contributed by atoms with E-state index in [1.807, 2.05) is 35.2 Å². The van der Waals surface area contributed by atoms with Crippen LogP contribution in [0.15, 0.2) is 48.5 Å². The lowest BCUT2D eigenvalue weighted by Crippen LogP contribution is -2.50. The van der Waals surface area contributed by atoms with Crippen molar-refractivity contribution in [2.75, 3.05) is 36.4 Å². The number of benzene rings is 2. The summed E-state index contributed by atoms with van der Waals surface area (Å²) >= 11 is 0. The Hall–Kier alpha value is -2.56. The topological polar surface area (TPSA) is 35.6 Å². The molecule has 0 radical (unpaired) electrons. The first-order valence-electron chi connectivity index (χ1n) is 8.32. The second kappa shape index (κ2) is 7.34. The predicted octanol–water partition coefficient (Wildman–Crippen LogP) is 3.74. The Balaban J connectivity index is 1.60. The fraction of sp³-hybridized carbons (Fsp3) is 0.316. The quantitative estimate of drug-likeness (QED) is 0.932. The van der Waals surface area contributed by atoms with E-state index in [1.54, 1.807) is 17.0 Å². The van der Waals surface area contributed by atoms with Crippen molar-refractivity contribution < 1.29 is 9.18 Å². The smallest absolute Gasteiger partial charge is 0.321 e. The summed E-state index contributed by atoms with van der Waals surface area (Å²) < 4.78 is 13.9. The van der Waals surface area contributed by atoms with Gasteiger partial charge in [-0.1, -0.05) is 37.3 Å². The molecule has 2 amide bonds. The van der Waals surface area contributed by atoms with Crippen LogP contribution < -0.4 is 10.2 Å². The van der Waals surface area contributed by atoms with Gasteiger partial charge in [-0.25, -0.2) is 9.18 Å². The zero-order chi connectivity index (χ0) is 16.9. The van der Waals surface area contributed by atoms with Crippen molar-refractivity contribution in [1.29, 1.82) is 0 Å². The second-order valence-corrected chi connectivity index (χ2v) is 5.87. The fourth-order valence-electron chi connectivity index (χ4n) is 3.00. The molecule has 1 saturated heterocycles. The van der Waals surface area contributed by atoms with Crippen LogP contribution in [0, 0.1) is 5.82 Å². The van der Waals surface area contributed by atoms with Crippen LogP contribution in [0.25, 0.3) is 0 Å². The normalized spacial score (nSPS) is 14.6. The molecule has 0 bridgehead atoms. The van der Waals surface area contributed by atoms with Crippen molar-refractivity contribution in [3.8, 4) is 0 Å². The van der Waals surface area contributed by atoms with Crippen LogP contribution in [0.5, 0.6) is 0 Å². The van der Waals surface area contributed by atoms with E-state index in [4.69, 9.17) is 0 Å². The molecule has 126 valence electrons. The lowest BCUT2D eigenvalue weighted by Gasteiger charge is -2.36. The van der Waals surface area contributed by atoms with E-state index in [-0.39, 0.29) is 11.8 Å². The van der Waals surface area contributed by atoms with Crippen molar-refractivity contribution in [2.45, 2.75) is 13.3 Å². The molecule has 5 heteroatoms. The van der Waals surface area contributed by atoms with Gasteiger partial charge in [-0.05, 0) is 30.2 Å². The van der Waals surface area contributed by atoms with E-state index < -0.39 is 0 Å². The van der Waals surface area contributed by atoms with Gasteiger partial charge in [0.2, 0.25) is 0 Å². The third-order valence-corrected chi connectivity index (χ3v) is 4.40. The van der Waals surface area contributed by atoms with Crippen LogP contribution in [0.4, 0.5) is 20.6 Å². The molecule has 1 aliphatic rings. The molecule has 1 N–H and O–H groups in total. The predicted molar refractivity (Wildman–Crippen MR) is 95.0 cm³/mol. The molecular formula is C19H22FN3O. The SMILES string of the molecule is CCc1ccccc1NC(=O)N1CCN(c2ccccc2F)CC1. The number of rotatable bonds is 3. The van der Waals surface area contributed by atoms with Crippen molar-refractivity contribution in [3.63, 3.8) is 0 Å². The summed E-state index contributed by atoms with van der Waals surface area (Å²) in [5.74, 6) is -0.215. The van der Waals surface area contributed by atoms with Crippen molar-refractivity contribution in [1.82, 2.24) is 4.90 Å². The number of para-hydroxylation sites is 2. The second-order valence-electron chi connectivity index (χ2n) is 5.87. The number of piperazine rings is 1. The molecule has 0 atom stereocenters. The molecule has 0 unspecified atom stereocenters. The molecule has 4 nitrogen and oxygen atoms in total. The average molecular weight is 327 g/mol. The van der Waals surface area contributed by atoms with Gasteiger partial charge in [0, 0.05) is 31.9 Å². The Labute approximate surface area is 141 Å². The number of carbonyl (C=O) groups is 1. The van der Waals surface area contributed by atoms with Gasteiger partial charge in [0.1, 0.15) is 5.82 Å². The highest BCUT2D eigenvalue weighted by molar-refractivity contribution is 5.90. The summed E-state index contributed by atoms with van der Waals surface area (Å²) in [5, 5.41) is 2.99. The highest BCUT2D eigenvalue weighted by Gasteiger charge is 2.23. The molecule has 3 rings (SSSR count). The Kier molecular flexibility index (Phi) is 4.99. The lowest BCUT2D eigenvalue weighted by molar-refractivity contribution is 0.208. The number of nitrogens with one attached hydrogen (secondary N) is 1. The highest BCUT2D eigenvalue weighted by Crippen LogP contribution is 2.21. The number of hydrogen-bond donors (Lipinski definition) is 1. The van der Waals surface area contributed by atoms with Gasteiger partial charge in [-0.15, -0.1) is 0 Å². The van der Waals surface area contributed by atoms with Gasteiger partial charge in [-0.3, -0.25) is 0 Å². The zero-order valence-electron chi connectivity index (χ0n) is 13.8. The molecular weight excluding hydrogens is 305 g/mol. The first kappa shape index (κ1) is 16.3. The standard InChI is InChI=1S/C19H22FN3O/c1-2-15-7-3-5-9-17(15)21-19(24)23-13-11-22(12-14-23)18-10-6-4-8-16(18)20/h3-10H,2,11-14H2,1H3,(H,21,24). The third-order valence-electron chi connectivity index (χ3n) is 4.40. The fourth-order valence-corrected chi connectivity index (χ4v) is 3.00. The van der Waals surface area contributed by atoms with Crippen molar-refractivity contribution in [2.24, 2.45) is 0 Å². The molecule has 2 aromatic carbocycles. The number of anilines is 2. The van der Waals surface area contributed by atoms with E-state index >= 15 is 0 Å². The van der Waals surface area contributed by atoms with E-state index in [9.17, 15) is 9.18 Å². The largest absolute Gasteiger partial charge is 0.366 e. The van der Waals surface area contributed by atoms with Crippen LogP contribution in [-0.2, 0) is 6.42 Å². The van der Waals surface area contributed by atoms with Crippen molar-refractivity contribution >= 4 is 17.4 Å². The summed E-state index contributed by atoms with van der Waals surface area (Å²) in [5.41, 5.74) is 2.59. The Morgan fingerprint density at radius 2 is 1.71 bits per heavy atom. The lowest BCUT2D eigenvalue weighted by atomic mass is 10.1. The van der Waals surface area contributed by atoms with Gasteiger partial charge in [-0.2, -0.15) is 0 Å². The maximum absolute atomic E-state index is 13.9. The first-order chi connectivity index (χ1) is 11.7. The van der Waals surface area contributed by atoms with Gasteiger partial charge in [0.25, 0.3) is 0 Å². The van der Waals surface area contributed by atoms with Crippen molar-refractivity contribution in [3.05, 3.63) is 59.9 Å². The Morgan fingerprint density at radius 1 is 1.04 bits per heavy atom. The third kappa shape index (κ3) is 3.50.